The highest BCUT2D eigenvalue weighted by Crippen LogP contribution is 2.31. The lowest BCUT2D eigenvalue weighted by Gasteiger charge is -2.22. The zero-order chi connectivity index (χ0) is 21.2. The minimum Gasteiger partial charge on any atom is -0.433 e. The molecule has 0 saturated carbocycles. The fraction of sp³-hybridized carbons (Fsp3) is 0.409. The second-order valence-corrected chi connectivity index (χ2v) is 7.07. The standard InChI is InChI=1S/C22H29F2N5O/c1-25-22(27-14-7-13-26-17-8-3-2-4-9-17)28-18-12-15-29(16-18)19-10-5-6-11-20(19)30-21(23)24/h2-6,8-11,18,21,26H,7,12-16H2,1H3,(H2,25,27,28). The first-order valence-electron chi connectivity index (χ1n) is 10.2. The van der Waals surface area contributed by atoms with Gasteiger partial charge in [0.15, 0.2) is 5.96 Å². The first-order valence-corrected chi connectivity index (χ1v) is 10.2. The van der Waals surface area contributed by atoms with E-state index in [1.807, 2.05) is 42.5 Å². The van der Waals surface area contributed by atoms with Gasteiger partial charge in [0.2, 0.25) is 0 Å². The van der Waals surface area contributed by atoms with Crippen molar-refractivity contribution >= 4 is 17.3 Å². The molecule has 0 bridgehead atoms. The highest BCUT2D eigenvalue weighted by atomic mass is 19.3. The number of ether oxygens (including phenoxy) is 1. The molecule has 1 saturated heterocycles. The lowest BCUT2D eigenvalue weighted by atomic mass is 10.2. The van der Waals surface area contributed by atoms with Gasteiger partial charge in [-0.25, -0.2) is 0 Å². The number of para-hydroxylation sites is 3. The summed E-state index contributed by atoms with van der Waals surface area (Å²) in [6.45, 7) is 0.286. The van der Waals surface area contributed by atoms with Crippen molar-refractivity contribution in [1.29, 1.82) is 0 Å². The van der Waals surface area contributed by atoms with E-state index in [1.54, 1.807) is 19.2 Å². The number of hydrogen-bond acceptors (Lipinski definition) is 4. The molecule has 1 atom stereocenters. The van der Waals surface area contributed by atoms with Crippen molar-refractivity contribution < 1.29 is 13.5 Å². The van der Waals surface area contributed by atoms with E-state index in [4.69, 9.17) is 0 Å². The summed E-state index contributed by atoms with van der Waals surface area (Å²) in [5, 5.41) is 10.1. The third kappa shape index (κ3) is 6.50. The smallest absolute Gasteiger partial charge is 0.387 e. The molecule has 1 unspecified atom stereocenters. The number of nitrogens with zero attached hydrogens (tertiary/aromatic N) is 2. The van der Waals surface area contributed by atoms with Gasteiger partial charge in [-0.15, -0.1) is 0 Å². The summed E-state index contributed by atoms with van der Waals surface area (Å²) in [5.74, 6) is 0.959. The minimum atomic E-state index is -2.83. The maximum atomic E-state index is 12.7. The maximum absolute atomic E-state index is 12.7. The van der Waals surface area contributed by atoms with Gasteiger partial charge >= 0.3 is 6.61 Å². The van der Waals surface area contributed by atoms with Crippen LogP contribution in [0.1, 0.15) is 12.8 Å². The van der Waals surface area contributed by atoms with Gasteiger partial charge in [0, 0.05) is 45.0 Å². The van der Waals surface area contributed by atoms with Gasteiger partial charge < -0.3 is 25.6 Å². The van der Waals surface area contributed by atoms with E-state index < -0.39 is 6.61 Å². The van der Waals surface area contributed by atoms with Crippen LogP contribution >= 0.6 is 0 Å². The molecule has 3 rings (SSSR count). The normalized spacial score (nSPS) is 16.6. The van der Waals surface area contributed by atoms with Crippen LogP contribution in [0.3, 0.4) is 0 Å². The van der Waals surface area contributed by atoms with E-state index in [0.29, 0.717) is 12.2 Å². The average Bonchev–Trinajstić information content (AvgIpc) is 3.21. The molecule has 0 aliphatic carbocycles. The van der Waals surface area contributed by atoms with Crippen LogP contribution in [0.15, 0.2) is 59.6 Å². The molecule has 2 aromatic rings. The summed E-state index contributed by atoms with van der Waals surface area (Å²) in [7, 11) is 1.75. The van der Waals surface area contributed by atoms with E-state index in [0.717, 1.165) is 44.1 Å². The molecule has 8 heteroatoms. The van der Waals surface area contributed by atoms with Gasteiger partial charge in [-0.3, -0.25) is 4.99 Å². The lowest BCUT2D eigenvalue weighted by Crippen LogP contribution is -2.45. The third-order valence-electron chi connectivity index (χ3n) is 4.92. The summed E-state index contributed by atoms with van der Waals surface area (Å²) in [6, 6.07) is 17.2. The number of aliphatic imine (C=N–C) groups is 1. The van der Waals surface area contributed by atoms with Crippen LogP contribution in [-0.2, 0) is 0 Å². The molecule has 3 N–H and O–H groups in total. The zero-order valence-electron chi connectivity index (χ0n) is 17.2. The van der Waals surface area contributed by atoms with Crippen molar-refractivity contribution in [2.24, 2.45) is 4.99 Å². The monoisotopic (exact) mass is 417 g/mol. The van der Waals surface area contributed by atoms with Gasteiger partial charge in [0.05, 0.1) is 5.69 Å². The zero-order valence-corrected chi connectivity index (χ0v) is 17.2. The number of hydrogen-bond donors (Lipinski definition) is 3. The first-order chi connectivity index (χ1) is 14.7. The second kappa shape index (κ2) is 11.2. The Morgan fingerprint density at radius 2 is 1.90 bits per heavy atom. The van der Waals surface area contributed by atoms with Crippen LogP contribution < -0.4 is 25.6 Å². The highest BCUT2D eigenvalue weighted by Gasteiger charge is 2.25. The minimum absolute atomic E-state index is 0.179. The van der Waals surface area contributed by atoms with Crippen LogP contribution in [0.5, 0.6) is 5.75 Å². The molecule has 30 heavy (non-hydrogen) atoms. The Kier molecular flexibility index (Phi) is 8.11. The Bertz CT molecular complexity index is 803. The SMILES string of the molecule is CN=C(NCCCNc1ccccc1)NC1CCN(c2ccccc2OC(F)F)C1. The van der Waals surface area contributed by atoms with Crippen LogP contribution in [-0.4, -0.2) is 51.8 Å². The molecular formula is C22H29F2N5O. The highest BCUT2D eigenvalue weighted by molar-refractivity contribution is 5.80. The molecule has 1 heterocycles. The summed E-state index contributed by atoms with van der Waals surface area (Å²) in [4.78, 5) is 6.36. The third-order valence-corrected chi connectivity index (χ3v) is 4.92. The molecular weight excluding hydrogens is 388 g/mol. The lowest BCUT2D eigenvalue weighted by molar-refractivity contribution is -0.0495. The summed E-state index contributed by atoms with van der Waals surface area (Å²) < 4.78 is 30.0. The Labute approximate surface area is 176 Å². The van der Waals surface area contributed by atoms with Crippen LogP contribution in [0.25, 0.3) is 0 Å². The van der Waals surface area contributed by atoms with Crippen molar-refractivity contribution in [3.63, 3.8) is 0 Å². The Hall–Kier alpha value is -3.03. The van der Waals surface area contributed by atoms with Crippen LogP contribution in [0, 0.1) is 0 Å². The number of anilines is 2. The molecule has 2 aromatic carbocycles. The van der Waals surface area contributed by atoms with Crippen molar-refractivity contribution in [3.8, 4) is 5.75 Å². The van der Waals surface area contributed by atoms with Gasteiger partial charge in [-0.1, -0.05) is 30.3 Å². The van der Waals surface area contributed by atoms with E-state index in [1.165, 1.54) is 0 Å². The van der Waals surface area contributed by atoms with E-state index in [-0.39, 0.29) is 11.8 Å². The molecule has 1 aliphatic heterocycles. The van der Waals surface area contributed by atoms with Crippen molar-refractivity contribution in [2.75, 3.05) is 43.4 Å². The molecule has 0 amide bonds. The van der Waals surface area contributed by atoms with E-state index in [2.05, 4.69) is 30.6 Å². The summed E-state index contributed by atoms with van der Waals surface area (Å²) >= 11 is 0. The van der Waals surface area contributed by atoms with Gasteiger partial charge in [0.25, 0.3) is 0 Å². The number of nitrogens with one attached hydrogen (secondary N) is 3. The molecule has 0 radical (unpaired) electrons. The van der Waals surface area contributed by atoms with E-state index in [9.17, 15) is 8.78 Å². The number of alkyl halides is 2. The van der Waals surface area contributed by atoms with Gasteiger partial charge in [-0.05, 0) is 37.1 Å². The molecule has 1 aliphatic rings. The Morgan fingerprint density at radius 1 is 1.13 bits per heavy atom. The van der Waals surface area contributed by atoms with Crippen molar-refractivity contribution in [1.82, 2.24) is 10.6 Å². The number of benzene rings is 2. The van der Waals surface area contributed by atoms with E-state index >= 15 is 0 Å². The fourth-order valence-electron chi connectivity index (χ4n) is 3.48. The second-order valence-electron chi connectivity index (χ2n) is 7.07. The largest absolute Gasteiger partial charge is 0.433 e. The predicted octanol–water partition coefficient (Wildman–Crippen LogP) is 3.53. The number of halogens is 2. The average molecular weight is 418 g/mol. The topological polar surface area (TPSA) is 60.9 Å². The van der Waals surface area contributed by atoms with Crippen LogP contribution in [0.2, 0.25) is 0 Å². The Balaban J connectivity index is 1.42. The Morgan fingerprint density at radius 3 is 2.67 bits per heavy atom. The summed E-state index contributed by atoms with van der Waals surface area (Å²) in [5.41, 5.74) is 1.80. The number of rotatable bonds is 9. The van der Waals surface area contributed by atoms with Gasteiger partial charge in [0.1, 0.15) is 5.75 Å². The van der Waals surface area contributed by atoms with Crippen molar-refractivity contribution in [2.45, 2.75) is 25.5 Å². The predicted molar refractivity (Wildman–Crippen MR) is 118 cm³/mol. The van der Waals surface area contributed by atoms with Crippen LogP contribution in [0.4, 0.5) is 20.2 Å². The molecule has 1 fully saturated rings. The van der Waals surface area contributed by atoms with Gasteiger partial charge in [-0.2, -0.15) is 8.78 Å². The molecule has 162 valence electrons. The quantitative estimate of drug-likeness (QED) is 0.331. The summed E-state index contributed by atoms with van der Waals surface area (Å²) in [6.07, 6.45) is 1.84. The first kappa shape index (κ1) is 21.7. The fourth-order valence-corrected chi connectivity index (χ4v) is 3.48. The van der Waals surface area contributed by atoms with Crippen molar-refractivity contribution in [3.05, 3.63) is 54.6 Å². The molecule has 0 spiro atoms. The molecule has 6 nitrogen and oxygen atoms in total. The molecule has 0 aromatic heterocycles. The maximum Gasteiger partial charge on any atom is 0.387 e. The number of guanidine groups is 1.